The molecule has 1 N–H and O–H groups in total. The van der Waals surface area contributed by atoms with Crippen LogP contribution in [0.2, 0.25) is 0 Å². The molecule has 3 rings (SSSR count). The highest BCUT2D eigenvalue weighted by molar-refractivity contribution is 7.94. The van der Waals surface area contributed by atoms with Crippen LogP contribution in [-0.2, 0) is 16.3 Å². The molecule has 0 bridgehead atoms. The van der Waals surface area contributed by atoms with Gasteiger partial charge in [-0.2, -0.15) is 0 Å². The van der Waals surface area contributed by atoms with Crippen LogP contribution in [0.15, 0.2) is 52.9 Å². The molecule has 0 saturated heterocycles. The molecule has 2 aromatic heterocycles. The lowest BCUT2D eigenvalue weighted by atomic mass is 10.0. The van der Waals surface area contributed by atoms with Crippen molar-refractivity contribution in [2.24, 2.45) is 0 Å². The molecule has 27 heavy (non-hydrogen) atoms. The summed E-state index contributed by atoms with van der Waals surface area (Å²) in [5.74, 6) is 0.650. The quantitative estimate of drug-likeness (QED) is 0.673. The first-order valence-electron chi connectivity index (χ1n) is 8.70. The number of aliphatic hydroxyl groups is 1. The van der Waals surface area contributed by atoms with Crippen molar-refractivity contribution >= 4 is 21.2 Å². The molecule has 7 heteroatoms. The predicted octanol–water partition coefficient (Wildman–Crippen LogP) is 4.03. The third kappa shape index (κ3) is 4.43. The normalized spacial score (nSPS) is 13.1. The van der Waals surface area contributed by atoms with Gasteiger partial charge < -0.3 is 5.11 Å². The van der Waals surface area contributed by atoms with Gasteiger partial charge in [-0.3, -0.25) is 0 Å². The van der Waals surface area contributed by atoms with Crippen LogP contribution in [0.4, 0.5) is 0 Å². The molecule has 3 aromatic rings. The van der Waals surface area contributed by atoms with Crippen LogP contribution < -0.4 is 0 Å². The Labute approximate surface area is 163 Å². The fourth-order valence-electron chi connectivity index (χ4n) is 2.61. The largest absolute Gasteiger partial charge is 0.389 e. The van der Waals surface area contributed by atoms with Crippen molar-refractivity contribution in [2.75, 3.05) is 0 Å². The SMILES string of the molecule is CC(O)c1cccc(Cc2nccc(-c3ccc(S(=O)(=O)C(C)C)s3)n2)c1. The standard InChI is InChI=1S/C20H22N2O3S2/c1-13(2)27(24,25)20-8-7-18(26-20)17-9-10-21-19(22-17)12-15-5-4-6-16(11-15)14(3)23/h4-11,13-14,23H,12H2,1-3H3. The molecule has 0 amide bonds. The van der Waals surface area contributed by atoms with E-state index in [4.69, 9.17) is 0 Å². The first-order valence-corrected chi connectivity index (χ1v) is 11.1. The third-order valence-electron chi connectivity index (χ3n) is 4.24. The van der Waals surface area contributed by atoms with Crippen LogP contribution in [0.5, 0.6) is 0 Å². The van der Waals surface area contributed by atoms with E-state index in [1.807, 2.05) is 24.3 Å². The number of aromatic nitrogens is 2. The van der Waals surface area contributed by atoms with Crippen LogP contribution >= 0.6 is 11.3 Å². The van der Waals surface area contributed by atoms with Gasteiger partial charge >= 0.3 is 0 Å². The molecule has 142 valence electrons. The van der Waals surface area contributed by atoms with Crippen LogP contribution in [0.25, 0.3) is 10.6 Å². The summed E-state index contributed by atoms with van der Waals surface area (Å²) in [7, 11) is -3.28. The van der Waals surface area contributed by atoms with Gasteiger partial charge in [0.25, 0.3) is 0 Å². The molecule has 1 unspecified atom stereocenters. The summed E-state index contributed by atoms with van der Waals surface area (Å²) in [6.45, 7) is 5.09. The fraction of sp³-hybridized carbons (Fsp3) is 0.300. The molecule has 0 aliphatic heterocycles. The molecule has 0 spiro atoms. The highest BCUT2D eigenvalue weighted by Crippen LogP contribution is 2.31. The van der Waals surface area contributed by atoms with Gasteiger partial charge in [-0.05, 0) is 50.1 Å². The molecule has 2 heterocycles. The molecule has 1 atom stereocenters. The minimum atomic E-state index is -3.28. The number of thiophene rings is 1. The van der Waals surface area contributed by atoms with Crippen molar-refractivity contribution in [3.63, 3.8) is 0 Å². The van der Waals surface area contributed by atoms with Crippen molar-refractivity contribution in [1.29, 1.82) is 0 Å². The number of rotatable bonds is 6. The van der Waals surface area contributed by atoms with Crippen LogP contribution in [0.1, 0.15) is 43.8 Å². The molecule has 0 radical (unpaired) electrons. The molecule has 5 nitrogen and oxygen atoms in total. The number of benzene rings is 1. The second-order valence-electron chi connectivity index (χ2n) is 6.67. The second kappa shape index (κ2) is 7.88. The molecule has 0 aliphatic carbocycles. The Kier molecular flexibility index (Phi) is 5.74. The van der Waals surface area contributed by atoms with Gasteiger partial charge in [0, 0.05) is 12.6 Å². The van der Waals surface area contributed by atoms with E-state index in [2.05, 4.69) is 9.97 Å². The maximum atomic E-state index is 12.3. The Bertz CT molecular complexity index is 1040. The first kappa shape index (κ1) is 19.7. The highest BCUT2D eigenvalue weighted by atomic mass is 32.2. The zero-order chi connectivity index (χ0) is 19.6. The number of aliphatic hydroxyl groups excluding tert-OH is 1. The van der Waals surface area contributed by atoms with Gasteiger partial charge in [0.1, 0.15) is 10.0 Å². The van der Waals surface area contributed by atoms with Crippen molar-refractivity contribution < 1.29 is 13.5 Å². The highest BCUT2D eigenvalue weighted by Gasteiger charge is 2.21. The van der Waals surface area contributed by atoms with Crippen molar-refractivity contribution in [3.8, 4) is 10.6 Å². The lowest BCUT2D eigenvalue weighted by molar-refractivity contribution is 0.199. The lowest BCUT2D eigenvalue weighted by Gasteiger charge is -2.07. The Morgan fingerprint density at radius 2 is 1.89 bits per heavy atom. The zero-order valence-corrected chi connectivity index (χ0v) is 17.1. The van der Waals surface area contributed by atoms with Gasteiger partial charge in [-0.1, -0.05) is 24.3 Å². The first-order chi connectivity index (χ1) is 12.8. The van der Waals surface area contributed by atoms with E-state index in [-0.39, 0.29) is 0 Å². The van der Waals surface area contributed by atoms with Crippen molar-refractivity contribution in [2.45, 2.75) is 42.8 Å². The molecule has 1 aromatic carbocycles. The smallest absolute Gasteiger partial charge is 0.190 e. The van der Waals surface area contributed by atoms with E-state index < -0.39 is 21.2 Å². The van der Waals surface area contributed by atoms with E-state index in [0.29, 0.717) is 22.1 Å². The summed E-state index contributed by atoms with van der Waals surface area (Å²) in [4.78, 5) is 9.73. The zero-order valence-electron chi connectivity index (χ0n) is 15.5. The van der Waals surface area contributed by atoms with Crippen molar-refractivity contribution in [3.05, 3.63) is 65.6 Å². The Hall–Kier alpha value is -2.09. The van der Waals surface area contributed by atoms with E-state index in [1.54, 1.807) is 45.2 Å². The number of sulfone groups is 1. The predicted molar refractivity (Wildman–Crippen MR) is 108 cm³/mol. The van der Waals surface area contributed by atoms with Gasteiger partial charge in [0.15, 0.2) is 9.84 Å². The molecule has 0 aliphatic rings. The summed E-state index contributed by atoms with van der Waals surface area (Å²) in [5.41, 5.74) is 2.58. The Morgan fingerprint density at radius 3 is 2.59 bits per heavy atom. The van der Waals surface area contributed by atoms with Gasteiger partial charge in [-0.25, -0.2) is 18.4 Å². The summed E-state index contributed by atoms with van der Waals surface area (Å²) in [5, 5.41) is 9.28. The fourth-order valence-corrected chi connectivity index (χ4v) is 5.35. The number of hydrogen-bond acceptors (Lipinski definition) is 6. The summed E-state index contributed by atoms with van der Waals surface area (Å²) in [6.07, 6.45) is 1.70. The second-order valence-corrected chi connectivity index (χ2v) is 10.5. The summed E-state index contributed by atoms with van der Waals surface area (Å²) in [6, 6.07) is 12.9. The van der Waals surface area contributed by atoms with Crippen LogP contribution in [0, 0.1) is 0 Å². The monoisotopic (exact) mass is 402 g/mol. The van der Waals surface area contributed by atoms with E-state index in [9.17, 15) is 13.5 Å². The summed E-state index contributed by atoms with van der Waals surface area (Å²) < 4.78 is 25.0. The van der Waals surface area contributed by atoms with Crippen molar-refractivity contribution in [1.82, 2.24) is 9.97 Å². The summed E-state index contributed by atoms with van der Waals surface area (Å²) >= 11 is 1.23. The average Bonchev–Trinajstić information content (AvgIpc) is 3.13. The minimum absolute atomic E-state index is 0.359. The maximum absolute atomic E-state index is 12.3. The van der Waals surface area contributed by atoms with E-state index in [0.717, 1.165) is 16.0 Å². The number of nitrogens with zero attached hydrogens (tertiary/aromatic N) is 2. The topological polar surface area (TPSA) is 80.2 Å². The minimum Gasteiger partial charge on any atom is -0.389 e. The van der Waals surface area contributed by atoms with Gasteiger partial charge in [0.2, 0.25) is 0 Å². The van der Waals surface area contributed by atoms with E-state index >= 15 is 0 Å². The molecular formula is C20H22N2O3S2. The van der Waals surface area contributed by atoms with Crippen LogP contribution in [-0.4, -0.2) is 28.7 Å². The lowest BCUT2D eigenvalue weighted by Crippen LogP contribution is -2.12. The maximum Gasteiger partial charge on any atom is 0.190 e. The third-order valence-corrected chi connectivity index (χ3v) is 8.02. The van der Waals surface area contributed by atoms with Gasteiger partial charge in [-0.15, -0.1) is 11.3 Å². The molecule has 0 saturated carbocycles. The number of hydrogen-bond donors (Lipinski definition) is 1. The Morgan fingerprint density at radius 1 is 1.11 bits per heavy atom. The van der Waals surface area contributed by atoms with Gasteiger partial charge in [0.05, 0.1) is 21.9 Å². The average molecular weight is 403 g/mol. The molecular weight excluding hydrogens is 380 g/mol. The van der Waals surface area contributed by atoms with Crippen LogP contribution in [0.3, 0.4) is 0 Å². The molecule has 0 fully saturated rings. The van der Waals surface area contributed by atoms with E-state index in [1.165, 1.54) is 11.3 Å². The Balaban J connectivity index is 1.87.